The first-order valence-corrected chi connectivity index (χ1v) is 5.04. The van der Waals surface area contributed by atoms with Crippen molar-refractivity contribution in [2.75, 3.05) is 6.54 Å². The zero-order valence-electron chi connectivity index (χ0n) is 8.27. The van der Waals surface area contributed by atoms with Crippen molar-refractivity contribution in [3.63, 3.8) is 0 Å². The first-order chi connectivity index (χ1) is 5.58. The van der Waals surface area contributed by atoms with E-state index in [-0.39, 0.29) is 0 Å². The Kier molecular flexibility index (Phi) is 3.53. The lowest BCUT2D eigenvalue weighted by Gasteiger charge is -2.19. The molecule has 0 saturated heterocycles. The Morgan fingerprint density at radius 1 is 1.33 bits per heavy atom. The van der Waals surface area contributed by atoms with Crippen molar-refractivity contribution in [3.05, 3.63) is 0 Å². The van der Waals surface area contributed by atoms with Crippen LogP contribution in [0.5, 0.6) is 0 Å². The van der Waals surface area contributed by atoms with Gasteiger partial charge in [-0.15, -0.1) is 0 Å². The molecule has 1 aliphatic carbocycles. The highest BCUT2D eigenvalue weighted by atomic mass is 16.3. The number of hydrogen-bond acceptors (Lipinski definition) is 2. The largest absolute Gasteiger partial charge is 0.390 e. The molecule has 0 aromatic heterocycles. The van der Waals surface area contributed by atoms with Crippen LogP contribution in [0.2, 0.25) is 0 Å². The summed E-state index contributed by atoms with van der Waals surface area (Å²) in [5.41, 5.74) is -0.508. The number of hydrogen-bond donors (Lipinski definition) is 2. The van der Waals surface area contributed by atoms with Crippen molar-refractivity contribution in [2.45, 2.75) is 57.6 Å². The Bertz CT molecular complexity index is 122. The molecule has 0 bridgehead atoms. The van der Waals surface area contributed by atoms with Crippen LogP contribution in [0.3, 0.4) is 0 Å². The molecule has 0 heterocycles. The van der Waals surface area contributed by atoms with Gasteiger partial charge >= 0.3 is 0 Å². The predicted octanol–water partition coefficient (Wildman–Crippen LogP) is 1.68. The molecule has 1 fully saturated rings. The third-order valence-corrected chi connectivity index (χ3v) is 2.52. The second-order valence-electron chi connectivity index (χ2n) is 4.50. The Hall–Kier alpha value is -0.0800. The fourth-order valence-electron chi connectivity index (χ4n) is 1.71. The third-order valence-electron chi connectivity index (χ3n) is 2.52. The van der Waals surface area contributed by atoms with Gasteiger partial charge in [0.1, 0.15) is 0 Å². The zero-order chi connectivity index (χ0) is 9.03. The van der Waals surface area contributed by atoms with E-state index in [4.69, 9.17) is 0 Å². The molecular formula is C10H21NO. The highest BCUT2D eigenvalue weighted by Crippen LogP contribution is 2.17. The number of rotatable bonds is 4. The minimum atomic E-state index is -0.508. The molecule has 0 aliphatic heterocycles. The number of nitrogens with one attached hydrogen (secondary N) is 1. The van der Waals surface area contributed by atoms with Gasteiger partial charge in [-0.05, 0) is 39.7 Å². The van der Waals surface area contributed by atoms with Crippen LogP contribution in [-0.4, -0.2) is 23.3 Å². The average Bonchev–Trinajstić information content (AvgIpc) is 2.36. The summed E-state index contributed by atoms with van der Waals surface area (Å²) in [7, 11) is 0. The van der Waals surface area contributed by atoms with Gasteiger partial charge in [0.2, 0.25) is 0 Å². The van der Waals surface area contributed by atoms with Gasteiger partial charge in [-0.2, -0.15) is 0 Å². The Morgan fingerprint density at radius 2 is 1.92 bits per heavy atom. The predicted molar refractivity (Wildman–Crippen MR) is 51.2 cm³/mol. The highest BCUT2D eigenvalue weighted by molar-refractivity contribution is 4.75. The summed E-state index contributed by atoms with van der Waals surface area (Å²) in [5.74, 6) is 0. The van der Waals surface area contributed by atoms with Gasteiger partial charge in [0.05, 0.1) is 5.60 Å². The SMILES string of the molecule is CC(C)(O)CCNC1CCCC1. The topological polar surface area (TPSA) is 32.3 Å². The first kappa shape index (κ1) is 10.0. The molecule has 0 amide bonds. The molecule has 0 aromatic rings. The van der Waals surface area contributed by atoms with Crippen molar-refractivity contribution in [3.8, 4) is 0 Å². The van der Waals surface area contributed by atoms with Crippen LogP contribution in [0.25, 0.3) is 0 Å². The van der Waals surface area contributed by atoms with E-state index in [0.29, 0.717) is 0 Å². The fraction of sp³-hybridized carbons (Fsp3) is 1.00. The summed E-state index contributed by atoms with van der Waals surface area (Å²) in [4.78, 5) is 0. The normalized spacial score (nSPS) is 20.2. The molecule has 0 aromatic carbocycles. The van der Waals surface area contributed by atoms with Gasteiger partial charge in [-0.25, -0.2) is 0 Å². The minimum absolute atomic E-state index is 0.508. The maximum Gasteiger partial charge on any atom is 0.0603 e. The van der Waals surface area contributed by atoms with Crippen LogP contribution in [0.15, 0.2) is 0 Å². The van der Waals surface area contributed by atoms with Crippen molar-refractivity contribution >= 4 is 0 Å². The van der Waals surface area contributed by atoms with E-state index >= 15 is 0 Å². The van der Waals surface area contributed by atoms with Crippen molar-refractivity contribution in [1.29, 1.82) is 0 Å². The second-order valence-corrected chi connectivity index (χ2v) is 4.50. The van der Waals surface area contributed by atoms with E-state index in [1.807, 2.05) is 13.8 Å². The summed E-state index contributed by atoms with van der Waals surface area (Å²) in [5, 5.41) is 12.9. The summed E-state index contributed by atoms with van der Waals surface area (Å²) < 4.78 is 0. The lowest BCUT2D eigenvalue weighted by Crippen LogP contribution is -2.32. The van der Waals surface area contributed by atoms with E-state index in [9.17, 15) is 5.11 Å². The Morgan fingerprint density at radius 3 is 2.42 bits per heavy atom. The van der Waals surface area contributed by atoms with Gasteiger partial charge in [-0.3, -0.25) is 0 Å². The fourth-order valence-corrected chi connectivity index (χ4v) is 1.71. The van der Waals surface area contributed by atoms with Gasteiger partial charge in [0.25, 0.3) is 0 Å². The molecule has 0 atom stereocenters. The monoisotopic (exact) mass is 171 g/mol. The molecule has 1 rings (SSSR count). The van der Waals surface area contributed by atoms with Crippen LogP contribution in [0, 0.1) is 0 Å². The van der Waals surface area contributed by atoms with Gasteiger partial charge in [0, 0.05) is 6.04 Å². The van der Waals surface area contributed by atoms with E-state index in [2.05, 4.69) is 5.32 Å². The summed E-state index contributed by atoms with van der Waals surface area (Å²) >= 11 is 0. The van der Waals surface area contributed by atoms with Crippen molar-refractivity contribution < 1.29 is 5.11 Å². The van der Waals surface area contributed by atoms with Crippen LogP contribution in [0.4, 0.5) is 0 Å². The highest BCUT2D eigenvalue weighted by Gasteiger charge is 2.16. The molecular weight excluding hydrogens is 150 g/mol. The summed E-state index contributed by atoms with van der Waals surface area (Å²) in [6.07, 6.45) is 6.25. The maximum atomic E-state index is 9.45. The molecule has 0 spiro atoms. The van der Waals surface area contributed by atoms with E-state index < -0.39 is 5.60 Å². The average molecular weight is 171 g/mol. The van der Waals surface area contributed by atoms with Crippen LogP contribution in [0.1, 0.15) is 46.0 Å². The molecule has 1 saturated carbocycles. The van der Waals surface area contributed by atoms with Crippen LogP contribution < -0.4 is 5.32 Å². The molecule has 2 nitrogen and oxygen atoms in total. The van der Waals surface area contributed by atoms with Crippen LogP contribution in [-0.2, 0) is 0 Å². The van der Waals surface area contributed by atoms with Gasteiger partial charge < -0.3 is 10.4 Å². The molecule has 2 N–H and O–H groups in total. The van der Waals surface area contributed by atoms with Gasteiger partial charge in [-0.1, -0.05) is 12.8 Å². The van der Waals surface area contributed by atoms with Crippen molar-refractivity contribution in [1.82, 2.24) is 5.32 Å². The molecule has 0 unspecified atom stereocenters. The Labute approximate surface area is 75.4 Å². The molecule has 0 radical (unpaired) electrons. The van der Waals surface area contributed by atoms with Crippen molar-refractivity contribution in [2.24, 2.45) is 0 Å². The molecule has 12 heavy (non-hydrogen) atoms. The maximum absolute atomic E-state index is 9.45. The van der Waals surface area contributed by atoms with Gasteiger partial charge in [0.15, 0.2) is 0 Å². The molecule has 2 heteroatoms. The Balaban J connectivity index is 2.02. The van der Waals surface area contributed by atoms with E-state index in [0.717, 1.165) is 19.0 Å². The number of aliphatic hydroxyl groups is 1. The molecule has 1 aliphatic rings. The first-order valence-electron chi connectivity index (χ1n) is 5.04. The van der Waals surface area contributed by atoms with E-state index in [1.165, 1.54) is 25.7 Å². The standard InChI is InChI=1S/C10H21NO/c1-10(2,12)7-8-11-9-5-3-4-6-9/h9,11-12H,3-8H2,1-2H3. The smallest absolute Gasteiger partial charge is 0.0603 e. The zero-order valence-corrected chi connectivity index (χ0v) is 8.27. The summed E-state index contributed by atoms with van der Waals surface area (Å²) in [6, 6.07) is 0.729. The summed E-state index contributed by atoms with van der Waals surface area (Å²) in [6.45, 7) is 4.68. The lowest BCUT2D eigenvalue weighted by atomic mass is 10.1. The second kappa shape index (κ2) is 4.24. The molecule has 72 valence electrons. The van der Waals surface area contributed by atoms with E-state index in [1.54, 1.807) is 0 Å². The quantitative estimate of drug-likeness (QED) is 0.674. The van der Waals surface area contributed by atoms with Crippen LogP contribution >= 0.6 is 0 Å². The lowest BCUT2D eigenvalue weighted by molar-refractivity contribution is 0.0704. The minimum Gasteiger partial charge on any atom is -0.390 e. The third kappa shape index (κ3) is 4.07.